The lowest BCUT2D eigenvalue weighted by molar-refractivity contribution is -0.137. The van der Waals surface area contributed by atoms with Crippen molar-refractivity contribution in [3.8, 4) is 11.1 Å². The van der Waals surface area contributed by atoms with Crippen LogP contribution in [0.2, 0.25) is 0 Å². The Labute approximate surface area is 201 Å². The molecule has 0 aliphatic carbocycles. The number of nitrogens with zero attached hydrogens (tertiary/aromatic N) is 5. The third-order valence-electron chi connectivity index (χ3n) is 6.11. The number of amides is 1. The molecular formula is C23H24ClF3N6O. The van der Waals surface area contributed by atoms with E-state index in [0.717, 1.165) is 49.7 Å². The summed E-state index contributed by atoms with van der Waals surface area (Å²) in [5.74, 6) is 0.547. The summed E-state index contributed by atoms with van der Waals surface area (Å²) in [7, 11) is 0. The molecule has 0 saturated carbocycles. The van der Waals surface area contributed by atoms with Gasteiger partial charge >= 0.3 is 6.18 Å². The molecule has 1 amide bonds. The Balaban J connectivity index is 0.00000274. The Morgan fingerprint density at radius 1 is 1.09 bits per heavy atom. The van der Waals surface area contributed by atoms with E-state index in [2.05, 4.69) is 20.3 Å². The molecule has 1 fully saturated rings. The summed E-state index contributed by atoms with van der Waals surface area (Å²) in [6, 6.07) is 8.35. The van der Waals surface area contributed by atoms with E-state index in [9.17, 15) is 18.0 Å². The highest BCUT2D eigenvalue weighted by molar-refractivity contribution is 6.09. The highest BCUT2D eigenvalue weighted by Crippen LogP contribution is 2.35. The monoisotopic (exact) mass is 492 g/mol. The lowest BCUT2D eigenvalue weighted by atomic mass is 10.0. The van der Waals surface area contributed by atoms with E-state index in [1.54, 1.807) is 17.1 Å². The largest absolute Gasteiger partial charge is 0.416 e. The van der Waals surface area contributed by atoms with Crippen LogP contribution < -0.4 is 15.1 Å². The number of carbonyl (C=O) groups is 1. The summed E-state index contributed by atoms with van der Waals surface area (Å²) < 4.78 is 40.6. The number of anilines is 2. The molecular weight excluding hydrogens is 469 g/mol. The summed E-state index contributed by atoms with van der Waals surface area (Å²) in [5, 5.41) is 7.77. The molecule has 2 aliphatic rings. The number of halogens is 4. The van der Waals surface area contributed by atoms with Gasteiger partial charge in [0.05, 0.1) is 17.8 Å². The zero-order valence-corrected chi connectivity index (χ0v) is 19.2. The van der Waals surface area contributed by atoms with Gasteiger partial charge in [0.1, 0.15) is 11.5 Å². The van der Waals surface area contributed by atoms with Crippen molar-refractivity contribution in [1.29, 1.82) is 0 Å². The van der Waals surface area contributed by atoms with Gasteiger partial charge in [0.15, 0.2) is 0 Å². The minimum atomic E-state index is -4.42. The van der Waals surface area contributed by atoms with Gasteiger partial charge in [0.2, 0.25) is 0 Å². The first kappa shape index (κ1) is 24.0. The second-order valence-corrected chi connectivity index (χ2v) is 8.30. The van der Waals surface area contributed by atoms with Gasteiger partial charge in [-0.05, 0) is 48.9 Å². The normalized spacial score (nSPS) is 18.5. The zero-order chi connectivity index (χ0) is 23.2. The van der Waals surface area contributed by atoms with Crippen LogP contribution in [-0.4, -0.2) is 53.4 Å². The minimum absolute atomic E-state index is 0. The summed E-state index contributed by atoms with van der Waals surface area (Å²) in [4.78, 5) is 21.7. The number of hydrogen-bond acceptors (Lipinski definition) is 5. The number of benzene rings is 1. The molecule has 1 N–H and O–H groups in total. The fourth-order valence-corrected chi connectivity index (χ4v) is 4.38. The highest BCUT2D eigenvalue weighted by Gasteiger charge is 2.35. The molecule has 7 nitrogen and oxygen atoms in total. The van der Waals surface area contributed by atoms with Crippen molar-refractivity contribution in [3.05, 3.63) is 60.0 Å². The van der Waals surface area contributed by atoms with Gasteiger partial charge in [0.25, 0.3) is 5.91 Å². The van der Waals surface area contributed by atoms with E-state index in [4.69, 9.17) is 0 Å². The molecule has 1 unspecified atom stereocenters. The summed E-state index contributed by atoms with van der Waals surface area (Å²) >= 11 is 0. The van der Waals surface area contributed by atoms with Crippen LogP contribution in [0.1, 0.15) is 29.0 Å². The van der Waals surface area contributed by atoms with Crippen molar-refractivity contribution in [1.82, 2.24) is 20.1 Å². The molecule has 2 aliphatic heterocycles. The van der Waals surface area contributed by atoms with Crippen molar-refractivity contribution in [2.45, 2.75) is 19.1 Å². The first-order valence-corrected chi connectivity index (χ1v) is 10.8. The first-order chi connectivity index (χ1) is 15.8. The third kappa shape index (κ3) is 4.35. The fraction of sp³-hybridized carbons (Fsp3) is 0.348. The van der Waals surface area contributed by atoms with E-state index in [1.165, 1.54) is 17.0 Å². The first-order valence-electron chi connectivity index (χ1n) is 10.8. The number of pyridine rings is 1. The van der Waals surface area contributed by atoms with Crippen LogP contribution in [0.5, 0.6) is 0 Å². The molecule has 3 aromatic rings. The van der Waals surface area contributed by atoms with Gasteiger partial charge in [-0.3, -0.25) is 9.48 Å². The number of fused-ring (bicyclic) bond motifs is 1. The van der Waals surface area contributed by atoms with E-state index in [0.29, 0.717) is 23.5 Å². The molecule has 0 radical (unpaired) electrons. The second kappa shape index (κ2) is 9.27. The SMILES string of the molecule is CC1CN(c2ccc(C(F)(F)F)cc2)C(=O)c2c(-c3ccnc(N4CCNCC4)c3)cnn21.Cl. The number of aromatic nitrogens is 3. The van der Waals surface area contributed by atoms with Crippen molar-refractivity contribution >= 4 is 29.8 Å². The lowest BCUT2D eigenvalue weighted by Crippen LogP contribution is -2.43. The molecule has 11 heteroatoms. The summed E-state index contributed by atoms with van der Waals surface area (Å²) in [6.07, 6.45) is -1.02. The number of carbonyl (C=O) groups excluding carboxylic acids is 1. The van der Waals surface area contributed by atoms with Gasteiger partial charge in [-0.2, -0.15) is 18.3 Å². The average molecular weight is 493 g/mol. The van der Waals surface area contributed by atoms with Gasteiger partial charge in [-0.25, -0.2) is 4.98 Å². The molecule has 5 rings (SSSR count). The smallest absolute Gasteiger partial charge is 0.354 e. The minimum Gasteiger partial charge on any atom is -0.354 e. The zero-order valence-electron chi connectivity index (χ0n) is 18.4. The van der Waals surface area contributed by atoms with Crippen LogP contribution >= 0.6 is 12.4 Å². The molecule has 4 heterocycles. The Morgan fingerprint density at radius 2 is 1.79 bits per heavy atom. The van der Waals surface area contributed by atoms with E-state index in [-0.39, 0.29) is 24.4 Å². The van der Waals surface area contributed by atoms with Crippen LogP contribution in [0.4, 0.5) is 24.7 Å². The molecule has 180 valence electrons. The van der Waals surface area contributed by atoms with Crippen LogP contribution in [0.15, 0.2) is 48.8 Å². The molecule has 0 spiro atoms. The number of alkyl halides is 3. The molecule has 1 aromatic carbocycles. The third-order valence-corrected chi connectivity index (χ3v) is 6.11. The van der Waals surface area contributed by atoms with Crippen LogP contribution in [0.25, 0.3) is 11.1 Å². The Bertz CT molecular complexity index is 1170. The Hall–Kier alpha value is -3.11. The van der Waals surface area contributed by atoms with Crippen LogP contribution in [0.3, 0.4) is 0 Å². The van der Waals surface area contributed by atoms with Crippen molar-refractivity contribution < 1.29 is 18.0 Å². The van der Waals surface area contributed by atoms with Crippen LogP contribution in [-0.2, 0) is 6.18 Å². The topological polar surface area (TPSA) is 66.3 Å². The van der Waals surface area contributed by atoms with Crippen LogP contribution in [0, 0.1) is 0 Å². The average Bonchev–Trinajstić information content (AvgIpc) is 3.28. The molecule has 1 atom stereocenters. The van der Waals surface area contributed by atoms with E-state index in [1.807, 2.05) is 19.1 Å². The molecule has 1 saturated heterocycles. The van der Waals surface area contributed by atoms with Crippen molar-refractivity contribution in [2.75, 3.05) is 42.5 Å². The lowest BCUT2D eigenvalue weighted by Gasteiger charge is -2.32. The molecule has 34 heavy (non-hydrogen) atoms. The summed E-state index contributed by atoms with van der Waals surface area (Å²) in [5.41, 5.74) is 1.61. The predicted molar refractivity (Wildman–Crippen MR) is 126 cm³/mol. The maximum atomic E-state index is 13.5. The van der Waals surface area contributed by atoms with Gasteiger partial charge < -0.3 is 15.1 Å². The maximum Gasteiger partial charge on any atom is 0.416 e. The Morgan fingerprint density at radius 3 is 2.47 bits per heavy atom. The van der Waals surface area contributed by atoms with Gasteiger partial charge in [0, 0.05) is 50.2 Å². The highest BCUT2D eigenvalue weighted by atomic mass is 35.5. The number of hydrogen-bond donors (Lipinski definition) is 1. The number of nitrogens with one attached hydrogen (secondary N) is 1. The van der Waals surface area contributed by atoms with E-state index >= 15 is 0 Å². The number of piperazine rings is 1. The fourth-order valence-electron chi connectivity index (χ4n) is 4.38. The predicted octanol–water partition coefficient (Wildman–Crippen LogP) is 4.02. The Kier molecular flexibility index (Phi) is 6.55. The molecule has 0 bridgehead atoms. The van der Waals surface area contributed by atoms with Crippen molar-refractivity contribution in [2.24, 2.45) is 0 Å². The summed E-state index contributed by atoms with van der Waals surface area (Å²) in [6.45, 7) is 5.71. The maximum absolute atomic E-state index is 13.5. The second-order valence-electron chi connectivity index (χ2n) is 8.30. The van der Waals surface area contributed by atoms with Gasteiger partial charge in [-0.1, -0.05) is 0 Å². The van der Waals surface area contributed by atoms with Gasteiger partial charge in [-0.15, -0.1) is 12.4 Å². The standard InChI is InChI=1S/C23H23F3N6O.ClH/c1-15-14-31(18-4-2-17(3-5-18)23(24,25)26)22(33)21-19(13-29-32(15)21)16-6-7-28-20(12-16)30-10-8-27-9-11-30;/h2-7,12-13,15,27H,8-11,14H2,1H3;1H. The van der Waals surface area contributed by atoms with E-state index < -0.39 is 11.7 Å². The molecule has 2 aromatic heterocycles. The van der Waals surface area contributed by atoms with Crippen molar-refractivity contribution in [3.63, 3.8) is 0 Å². The quantitative estimate of drug-likeness (QED) is 0.598. The number of rotatable bonds is 3.